The van der Waals surface area contributed by atoms with Crippen molar-refractivity contribution in [1.82, 2.24) is 25.8 Å². The Bertz CT molecular complexity index is 644. The van der Waals surface area contributed by atoms with E-state index in [1.165, 1.54) is 6.42 Å². The van der Waals surface area contributed by atoms with Crippen LogP contribution in [0.2, 0.25) is 0 Å². The Morgan fingerprint density at radius 2 is 1.79 bits per heavy atom. The van der Waals surface area contributed by atoms with Crippen LogP contribution in [0.5, 0.6) is 0 Å². The van der Waals surface area contributed by atoms with E-state index in [4.69, 9.17) is 0 Å². The van der Waals surface area contributed by atoms with E-state index in [1.807, 2.05) is 11.8 Å². The number of imide groups is 1. The molecule has 0 aromatic heterocycles. The lowest BCUT2D eigenvalue weighted by Crippen LogP contribution is -2.55. The fourth-order valence-electron chi connectivity index (χ4n) is 4.32. The molecular weight excluding hydrogens is 487 g/mol. The Morgan fingerprint density at radius 3 is 2.34 bits per heavy atom. The Balaban J connectivity index is 0.00000300. The SMILES string of the molecule is CCNC(=NCC(=O)N1CCCCC1)N1CCC(C2(C)NC(=O)NC2=O)CC1.I. The van der Waals surface area contributed by atoms with E-state index >= 15 is 0 Å². The molecule has 0 aliphatic carbocycles. The molecule has 3 aliphatic rings. The number of halogens is 1. The van der Waals surface area contributed by atoms with Crippen molar-refractivity contribution < 1.29 is 14.4 Å². The maximum atomic E-state index is 12.4. The van der Waals surface area contributed by atoms with Crippen LogP contribution in [0.15, 0.2) is 4.99 Å². The quantitative estimate of drug-likeness (QED) is 0.221. The van der Waals surface area contributed by atoms with Crippen LogP contribution in [0.25, 0.3) is 0 Å². The number of rotatable bonds is 4. The van der Waals surface area contributed by atoms with Crippen LogP contribution in [-0.2, 0) is 9.59 Å². The third-order valence-corrected chi connectivity index (χ3v) is 6.09. The van der Waals surface area contributed by atoms with Gasteiger partial charge in [0.1, 0.15) is 12.1 Å². The Labute approximate surface area is 189 Å². The minimum Gasteiger partial charge on any atom is -0.357 e. The zero-order valence-electron chi connectivity index (χ0n) is 17.3. The van der Waals surface area contributed by atoms with Gasteiger partial charge in [-0.05, 0) is 51.9 Å². The highest BCUT2D eigenvalue weighted by atomic mass is 127. The van der Waals surface area contributed by atoms with Gasteiger partial charge in [0.25, 0.3) is 5.91 Å². The van der Waals surface area contributed by atoms with Gasteiger partial charge in [-0.2, -0.15) is 0 Å². The molecular formula is C19H33IN6O3. The van der Waals surface area contributed by atoms with Crippen molar-refractivity contribution in [1.29, 1.82) is 0 Å². The summed E-state index contributed by atoms with van der Waals surface area (Å²) in [6.07, 6.45) is 4.89. The number of amides is 4. The van der Waals surface area contributed by atoms with Crippen molar-refractivity contribution in [2.75, 3.05) is 39.3 Å². The average Bonchev–Trinajstić information content (AvgIpc) is 2.98. The minimum atomic E-state index is -0.844. The van der Waals surface area contributed by atoms with Gasteiger partial charge < -0.3 is 20.4 Å². The monoisotopic (exact) mass is 520 g/mol. The number of guanidine groups is 1. The van der Waals surface area contributed by atoms with Crippen LogP contribution in [-0.4, -0.2) is 78.4 Å². The molecule has 1 atom stereocenters. The van der Waals surface area contributed by atoms with E-state index in [9.17, 15) is 14.4 Å². The molecule has 29 heavy (non-hydrogen) atoms. The number of carbonyl (C=O) groups excluding carboxylic acids is 3. The van der Waals surface area contributed by atoms with Crippen LogP contribution >= 0.6 is 24.0 Å². The molecule has 3 fully saturated rings. The molecule has 0 saturated carbocycles. The topological polar surface area (TPSA) is 106 Å². The van der Waals surface area contributed by atoms with Gasteiger partial charge in [0.05, 0.1) is 0 Å². The molecule has 164 valence electrons. The van der Waals surface area contributed by atoms with Crippen molar-refractivity contribution in [3.8, 4) is 0 Å². The molecule has 9 nitrogen and oxygen atoms in total. The van der Waals surface area contributed by atoms with E-state index in [2.05, 4.69) is 25.8 Å². The van der Waals surface area contributed by atoms with Gasteiger partial charge in [-0.1, -0.05) is 0 Å². The highest BCUT2D eigenvalue weighted by Crippen LogP contribution is 2.30. The standard InChI is InChI=1S/C19H32N6O3.HI/c1-3-20-17(21-13-15(26)24-9-5-4-6-10-24)25-11-7-14(8-12-25)19(2)16(27)22-18(28)23-19;/h14H,3-13H2,1-2H3,(H,20,21)(H2,22,23,27,28);1H. The lowest BCUT2D eigenvalue weighted by atomic mass is 9.79. The van der Waals surface area contributed by atoms with Gasteiger partial charge >= 0.3 is 6.03 Å². The summed E-state index contributed by atoms with van der Waals surface area (Å²) in [5.74, 6) is 0.663. The van der Waals surface area contributed by atoms with E-state index in [1.54, 1.807) is 6.92 Å². The summed E-state index contributed by atoms with van der Waals surface area (Å²) in [6, 6.07) is -0.416. The van der Waals surface area contributed by atoms with Crippen LogP contribution in [0.1, 0.15) is 46.0 Å². The predicted octanol–water partition coefficient (Wildman–Crippen LogP) is 0.893. The number of nitrogens with one attached hydrogen (secondary N) is 3. The second kappa shape index (κ2) is 10.4. The summed E-state index contributed by atoms with van der Waals surface area (Å²) < 4.78 is 0. The molecule has 0 aromatic rings. The predicted molar refractivity (Wildman–Crippen MR) is 121 cm³/mol. The van der Waals surface area contributed by atoms with Gasteiger partial charge in [0.2, 0.25) is 5.91 Å². The van der Waals surface area contributed by atoms with E-state index in [0.29, 0.717) is 0 Å². The zero-order chi connectivity index (χ0) is 20.1. The van der Waals surface area contributed by atoms with Crippen molar-refractivity contribution >= 4 is 47.8 Å². The molecule has 0 bridgehead atoms. The zero-order valence-corrected chi connectivity index (χ0v) is 19.7. The molecule has 4 amide bonds. The minimum absolute atomic E-state index is 0. The first-order chi connectivity index (χ1) is 13.4. The van der Waals surface area contributed by atoms with E-state index in [0.717, 1.165) is 64.4 Å². The number of urea groups is 1. The van der Waals surface area contributed by atoms with Crippen molar-refractivity contribution in [2.24, 2.45) is 10.9 Å². The second-order valence-corrected chi connectivity index (χ2v) is 7.98. The summed E-state index contributed by atoms with van der Waals surface area (Å²) in [6.45, 7) is 7.83. The Hall–Kier alpha value is -1.59. The molecule has 3 N–H and O–H groups in total. The van der Waals surface area contributed by atoms with Gasteiger partial charge in [-0.25, -0.2) is 9.79 Å². The fourth-order valence-corrected chi connectivity index (χ4v) is 4.32. The molecule has 10 heteroatoms. The first kappa shape index (κ1) is 23.7. The van der Waals surface area contributed by atoms with Crippen LogP contribution in [0.4, 0.5) is 4.79 Å². The maximum Gasteiger partial charge on any atom is 0.322 e. The molecule has 0 aromatic carbocycles. The molecule has 1 unspecified atom stereocenters. The summed E-state index contributed by atoms with van der Waals surface area (Å²) in [4.78, 5) is 44.7. The number of likely N-dealkylation sites (tertiary alicyclic amines) is 2. The number of piperidine rings is 2. The van der Waals surface area contributed by atoms with Gasteiger partial charge in [0.15, 0.2) is 5.96 Å². The Kier molecular flexibility index (Phi) is 8.53. The Morgan fingerprint density at radius 1 is 1.14 bits per heavy atom. The smallest absolute Gasteiger partial charge is 0.322 e. The summed E-state index contributed by atoms with van der Waals surface area (Å²) in [5, 5.41) is 8.40. The first-order valence-corrected chi connectivity index (χ1v) is 10.4. The number of hydrogen-bond donors (Lipinski definition) is 3. The molecule has 3 heterocycles. The summed E-state index contributed by atoms with van der Waals surface area (Å²) >= 11 is 0. The lowest BCUT2D eigenvalue weighted by Gasteiger charge is -2.39. The third-order valence-electron chi connectivity index (χ3n) is 6.09. The average molecular weight is 520 g/mol. The van der Waals surface area contributed by atoms with Crippen molar-refractivity contribution in [2.45, 2.75) is 51.5 Å². The molecule has 0 radical (unpaired) electrons. The third kappa shape index (κ3) is 5.52. The first-order valence-electron chi connectivity index (χ1n) is 10.4. The van der Waals surface area contributed by atoms with Gasteiger partial charge in [-0.3, -0.25) is 14.9 Å². The van der Waals surface area contributed by atoms with Crippen molar-refractivity contribution in [3.63, 3.8) is 0 Å². The van der Waals surface area contributed by atoms with Crippen LogP contribution < -0.4 is 16.0 Å². The maximum absolute atomic E-state index is 12.4. The van der Waals surface area contributed by atoms with E-state index in [-0.39, 0.29) is 48.3 Å². The number of carbonyl (C=O) groups is 3. The normalized spacial score (nSPS) is 25.9. The van der Waals surface area contributed by atoms with Crippen molar-refractivity contribution in [3.05, 3.63) is 0 Å². The van der Waals surface area contributed by atoms with Gasteiger partial charge in [0, 0.05) is 32.7 Å². The highest BCUT2D eigenvalue weighted by molar-refractivity contribution is 14.0. The largest absolute Gasteiger partial charge is 0.357 e. The van der Waals surface area contributed by atoms with E-state index < -0.39 is 11.6 Å². The van der Waals surface area contributed by atoms with Crippen LogP contribution in [0, 0.1) is 5.92 Å². The number of hydrogen-bond acceptors (Lipinski definition) is 4. The molecule has 3 aliphatic heterocycles. The summed E-state index contributed by atoms with van der Waals surface area (Å²) in [5.41, 5.74) is -0.844. The van der Waals surface area contributed by atoms with Gasteiger partial charge in [-0.15, -0.1) is 24.0 Å². The number of nitrogens with zero attached hydrogens (tertiary/aromatic N) is 3. The lowest BCUT2D eigenvalue weighted by molar-refractivity contribution is -0.130. The molecule has 3 saturated heterocycles. The number of aliphatic imine (C=N–C) groups is 1. The molecule has 3 rings (SSSR count). The molecule has 0 spiro atoms. The highest BCUT2D eigenvalue weighted by Gasteiger charge is 2.48. The van der Waals surface area contributed by atoms with Crippen LogP contribution in [0.3, 0.4) is 0 Å². The second-order valence-electron chi connectivity index (χ2n) is 7.98. The fraction of sp³-hybridized carbons (Fsp3) is 0.789. The summed E-state index contributed by atoms with van der Waals surface area (Å²) in [7, 11) is 0.